The maximum atomic E-state index is 12.3. The molecule has 0 unspecified atom stereocenters. The largest absolute Gasteiger partial charge is 0.349 e. The average Bonchev–Trinajstić information content (AvgIpc) is 2.42. The van der Waals surface area contributed by atoms with Gasteiger partial charge in [0, 0.05) is 11.0 Å². The van der Waals surface area contributed by atoms with Crippen LogP contribution in [0, 0.1) is 5.41 Å². The van der Waals surface area contributed by atoms with E-state index in [-0.39, 0.29) is 17.6 Å². The van der Waals surface area contributed by atoms with Gasteiger partial charge in [-0.25, -0.2) is 0 Å². The number of Topliss-reactive ketones (excluding diaryl/α,β-unsaturated/α-hetero) is 1. The summed E-state index contributed by atoms with van der Waals surface area (Å²) in [6.07, 6.45) is 0.964. The summed E-state index contributed by atoms with van der Waals surface area (Å²) in [7, 11) is 0. The zero-order valence-corrected chi connectivity index (χ0v) is 11.9. The van der Waals surface area contributed by atoms with Crippen molar-refractivity contribution < 1.29 is 14.3 Å². The van der Waals surface area contributed by atoms with Gasteiger partial charge >= 0.3 is 0 Å². The molecule has 0 aliphatic carbocycles. The van der Waals surface area contributed by atoms with E-state index in [1.807, 2.05) is 37.3 Å². The minimum Gasteiger partial charge on any atom is -0.349 e. The number of carbonyl (C=O) groups is 1. The number of ether oxygens (including phenoxy) is 2. The van der Waals surface area contributed by atoms with Gasteiger partial charge < -0.3 is 9.47 Å². The smallest absolute Gasteiger partial charge is 0.175 e. The lowest BCUT2D eigenvalue weighted by Crippen LogP contribution is -2.48. The van der Waals surface area contributed by atoms with Gasteiger partial charge in [-0.3, -0.25) is 4.79 Å². The number of ketones is 1. The van der Waals surface area contributed by atoms with Crippen molar-refractivity contribution in [3.63, 3.8) is 0 Å². The van der Waals surface area contributed by atoms with Crippen LogP contribution < -0.4 is 0 Å². The van der Waals surface area contributed by atoms with Gasteiger partial charge in [0.05, 0.1) is 19.6 Å². The molecule has 2 rings (SSSR count). The van der Waals surface area contributed by atoms with E-state index in [1.54, 1.807) is 0 Å². The van der Waals surface area contributed by atoms with Crippen LogP contribution in [0.2, 0.25) is 0 Å². The SMILES string of the molecule is CCC1(CC(=O)c2ccccc2)OCC(C)(C)CO1. The van der Waals surface area contributed by atoms with Crippen LogP contribution in [0.5, 0.6) is 0 Å². The molecule has 1 aliphatic rings. The molecular formula is C16H22O3. The molecule has 1 fully saturated rings. The normalized spacial score (nSPS) is 21.0. The third-order valence-electron chi connectivity index (χ3n) is 3.52. The molecule has 0 atom stereocenters. The van der Waals surface area contributed by atoms with Gasteiger partial charge in [-0.2, -0.15) is 0 Å². The molecule has 0 bridgehead atoms. The summed E-state index contributed by atoms with van der Waals surface area (Å²) >= 11 is 0. The van der Waals surface area contributed by atoms with E-state index < -0.39 is 5.79 Å². The van der Waals surface area contributed by atoms with Gasteiger partial charge in [0.15, 0.2) is 11.6 Å². The molecule has 1 aromatic rings. The fraction of sp³-hybridized carbons (Fsp3) is 0.562. The minimum absolute atomic E-state index is 0.0223. The summed E-state index contributed by atoms with van der Waals surface area (Å²) in [4.78, 5) is 12.3. The Labute approximate surface area is 114 Å². The molecule has 3 nitrogen and oxygen atoms in total. The van der Waals surface area contributed by atoms with Crippen LogP contribution >= 0.6 is 0 Å². The van der Waals surface area contributed by atoms with Gasteiger partial charge in [0.2, 0.25) is 0 Å². The van der Waals surface area contributed by atoms with Crippen LogP contribution in [-0.2, 0) is 9.47 Å². The first kappa shape index (κ1) is 14.2. The van der Waals surface area contributed by atoms with E-state index >= 15 is 0 Å². The van der Waals surface area contributed by atoms with Gasteiger partial charge in [-0.05, 0) is 6.42 Å². The predicted molar refractivity (Wildman–Crippen MR) is 74.1 cm³/mol. The van der Waals surface area contributed by atoms with E-state index in [9.17, 15) is 4.79 Å². The predicted octanol–water partition coefficient (Wildman–Crippen LogP) is 3.44. The van der Waals surface area contributed by atoms with Crippen LogP contribution in [0.4, 0.5) is 0 Å². The van der Waals surface area contributed by atoms with Crippen molar-refractivity contribution in [1.82, 2.24) is 0 Å². The monoisotopic (exact) mass is 262 g/mol. The van der Waals surface area contributed by atoms with E-state index in [0.29, 0.717) is 25.2 Å². The fourth-order valence-corrected chi connectivity index (χ4v) is 2.14. The summed E-state index contributed by atoms with van der Waals surface area (Å²) < 4.78 is 11.8. The first-order valence-electron chi connectivity index (χ1n) is 6.83. The molecule has 0 aromatic heterocycles. The van der Waals surface area contributed by atoms with E-state index in [0.717, 1.165) is 0 Å². The Morgan fingerprint density at radius 3 is 2.26 bits per heavy atom. The minimum atomic E-state index is -0.748. The second-order valence-electron chi connectivity index (χ2n) is 5.97. The van der Waals surface area contributed by atoms with E-state index in [2.05, 4.69) is 13.8 Å². The molecule has 104 valence electrons. The first-order chi connectivity index (χ1) is 8.96. The number of benzene rings is 1. The summed E-state index contributed by atoms with van der Waals surface area (Å²) in [5, 5.41) is 0. The Kier molecular flexibility index (Phi) is 4.07. The summed E-state index contributed by atoms with van der Waals surface area (Å²) in [5.41, 5.74) is 0.737. The summed E-state index contributed by atoms with van der Waals surface area (Å²) in [6.45, 7) is 7.46. The molecule has 1 saturated heterocycles. The van der Waals surface area contributed by atoms with E-state index in [1.165, 1.54) is 0 Å². The van der Waals surface area contributed by atoms with Crippen LogP contribution in [0.3, 0.4) is 0 Å². The molecule has 1 aliphatic heterocycles. The van der Waals surface area contributed by atoms with Crippen molar-refractivity contribution in [3.8, 4) is 0 Å². The third kappa shape index (κ3) is 3.43. The standard InChI is InChI=1S/C16H22O3/c1-4-16(18-11-15(2,3)12-19-16)10-14(17)13-8-6-5-7-9-13/h5-9H,4,10-12H2,1-3H3. The maximum absolute atomic E-state index is 12.3. The number of hydrogen-bond donors (Lipinski definition) is 0. The zero-order chi connectivity index (χ0) is 13.9. The second-order valence-corrected chi connectivity index (χ2v) is 5.97. The first-order valence-corrected chi connectivity index (χ1v) is 6.83. The maximum Gasteiger partial charge on any atom is 0.175 e. The quantitative estimate of drug-likeness (QED) is 0.780. The van der Waals surface area contributed by atoms with E-state index in [4.69, 9.17) is 9.47 Å². The lowest BCUT2D eigenvalue weighted by molar-refractivity contribution is -0.297. The Morgan fingerprint density at radius 1 is 1.16 bits per heavy atom. The Bertz CT molecular complexity index is 427. The summed E-state index contributed by atoms with van der Waals surface area (Å²) in [5.74, 6) is -0.676. The van der Waals surface area contributed by atoms with Gasteiger partial charge in [-0.15, -0.1) is 0 Å². The fourth-order valence-electron chi connectivity index (χ4n) is 2.14. The average molecular weight is 262 g/mol. The third-order valence-corrected chi connectivity index (χ3v) is 3.52. The van der Waals surface area contributed by atoms with Crippen molar-refractivity contribution >= 4 is 5.78 Å². The highest BCUT2D eigenvalue weighted by Crippen LogP contribution is 2.34. The van der Waals surface area contributed by atoms with Crippen molar-refractivity contribution in [2.75, 3.05) is 13.2 Å². The Balaban J connectivity index is 2.06. The molecule has 0 amide bonds. The highest BCUT2D eigenvalue weighted by molar-refractivity contribution is 5.96. The molecule has 0 radical (unpaired) electrons. The molecule has 0 saturated carbocycles. The number of carbonyl (C=O) groups excluding carboxylic acids is 1. The zero-order valence-electron chi connectivity index (χ0n) is 11.9. The van der Waals surface area contributed by atoms with Crippen molar-refractivity contribution in [2.45, 2.75) is 39.4 Å². The van der Waals surface area contributed by atoms with Crippen LogP contribution in [0.15, 0.2) is 30.3 Å². The van der Waals surface area contributed by atoms with Gasteiger partial charge in [0.1, 0.15) is 0 Å². The molecule has 0 N–H and O–H groups in total. The molecule has 3 heteroatoms. The van der Waals surface area contributed by atoms with Gasteiger partial charge in [-0.1, -0.05) is 51.1 Å². The van der Waals surface area contributed by atoms with Crippen molar-refractivity contribution in [3.05, 3.63) is 35.9 Å². The number of hydrogen-bond acceptors (Lipinski definition) is 3. The van der Waals surface area contributed by atoms with Crippen molar-refractivity contribution in [2.24, 2.45) is 5.41 Å². The van der Waals surface area contributed by atoms with Crippen LogP contribution in [0.1, 0.15) is 44.0 Å². The van der Waals surface area contributed by atoms with Crippen LogP contribution in [-0.4, -0.2) is 24.8 Å². The highest BCUT2D eigenvalue weighted by atomic mass is 16.7. The molecule has 19 heavy (non-hydrogen) atoms. The van der Waals surface area contributed by atoms with Crippen molar-refractivity contribution in [1.29, 1.82) is 0 Å². The molecule has 0 spiro atoms. The molecular weight excluding hydrogens is 240 g/mol. The topological polar surface area (TPSA) is 35.5 Å². The molecule has 1 aromatic carbocycles. The Hall–Kier alpha value is -1.19. The van der Waals surface area contributed by atoms with Gasteiger partial charge in [0.25, 0.3) is 0 Å². The van der Waals surface area contributed by atoms with Crippen LogP contribution in [0.25, 0.3) is 0 Å². The Morgan fingerprint density at radius 2 is 1.74 bits per heavy atom. The second kappa shape index (κ2) is 5.43. The summed E-state index contributed by atoms with van der Waals surface area (Å²) in [6, 6.07) is 9.31. The highest BCUT2D eigenvalue weighted by Gasteiger charge is 2.40. The molecule has 1 heterocycles. The number of rotatable bonds is 4. The lowest BCUT2D eigenvalue weighted by Gasteiger charge is -2.42. The lowest BCUT2D eigenvalue weighted by atomic mass is 9.92.